The van der Waals surface area contributed by atoms with E-state index in [-0.39, 0.29) is 11.1 Å². The highest BCUT2D eigenvalue weighted by atomic mass is 16.1. The smallest absolute Gasteiger partial charge is 0.262 e. The number of anilines is 3. The van der Waals surface area contributed by atoms with Crippen LogP contribution in [0.5, 0.6) is 0 Å². The number of hydrogen-bond donors (Lipinski definition) is 2. The van der Waals surface area contributed by atoms with Gasteiger partial charge in [-0.2, -0.15) is 0 Å². The zero-order valence-electron chi connectivity index (χ0n) is 17.1. The molecule has 30 heavy (non-hydrogen) atoms. The Bertz CT molecular complexity index is 1220. The van der Waals surface area contributed by atoms with Gasteiger partial charge >= 0.3 is 0 Å². The van der Waals surface area contributed by atoms with Crippen molar-refractivity contribution < 1.29 is 0 Å². The molecule has 0 bridgehead atoms. The maximum atomic E-state index is 13.3. The summed E-state index contributed by atoms with van der Waals surface area (Å²) in [5, 5.41) is 7.85. The lowest BCUT2D eigenvalue weighted by Crippen LogP contribution is -2.29. The lowest BCUT2D eigenvalue weighted by atomic mass is 10.1. The van der Waals surface area contributed by atoms with Crippen LogP contribution in [0.3, 0.4) is 0 Å². The van der Waals surface area contributed by atoms with Crippen LogP contribution in [-0.2, 0) is 6.54 Å². The summed E-state index contributed by atoms with van der Waals surface area (Å²) >= 11 is 0. The van der Waals surface area contributed by atoms with E-state index in [2.05, 4.69) is 30.6 Å². The normalized spacial score (nSPS) is 11.4. The minimum atomic E-state index is -0.276. The van der Waals surface area contributed by atoms with Crippen LogP contribution < -0.4 is 16.2 Å². The lowest BCUT2D eigenvalue weighted by molar-refractivity contribution is 0.631. The fourth-order valence-electron chi connectivity index (χ4n) is 3.12. The molecule has 152 valence electrons. The highest BCUT2D eigenvalue weighted by Crippen LogP contribution is 2.26. The van der Waals surface area contributed by atoms with Crippen LogP contribution in [0.2, 0.25) is 0 Å². The first-order chi connectivity index (χ1) is 14.4. The number of fused-ring (bicyclic) bond motifs is 1. The van der Waals surface area contributed by atoms with E-state index in [9.17, 15) is 4.79 Å². The van der Waals surface area contributed by atoms with Crippen molar-refractivity contribution >= 4 is 28.2 Å². The number of nitrogens with one attached hydrogen (secondary N) is 2. The predicted octanol–water partition coefficient (Wildman–Crippen LogP) is 3.58. The fraction of sp³-hybridized carbons (Fsp3) is 0.227. The SMILES string of the molecule is CC(C)(C)Nc1nc(Nc2cnccn2)cc2ccn(Cc3cccnc3)c(=O)c12. The van der Waals surface area contributed by atoms with E-state index in [1.54, 1.807) is 41.7 Å². The largest absolute Gasteiger partial charge is 0.365 e. The summed E-state index contributed by atoms with van der Waals surface area (Å²) < 4.78 is 1.67. The number of aromatic nitrogens is 5. The number of nitrogens with zero attached hydrogens (tertiary/aromatic N) is 5. The van der Waals surface area contributed by atoms with E-state index >= 15 is 0 Å². The van der Waals surface area contributed by atoms with E-state index in [0.29, 0.717) is 29.4 Å². The molecule has 4 aromatic heterocycles. The molecule has 0 amide bonds. The van der Waals surface area contributed by atoms with Crippen molar-refractivity contribution in [3.8, 4) is 0 Å². The molecule has 0 radical (unpaired) electrons. The van der Waals surface area contributed by atoms with Crippen molar-refractivity contribution in [2.75, 3.05) is 10.6 Å². The van der Waals surface area contributed by atoms with Gasteiger partial charge in [0.05, 0.1) is 18.1 Å². The lowest BCUT2D eigenvalue weighted by Gasteiger charge is -2.23. The molecular weight excluding hydrogens is 378 g/mol. The summed E-state index contributed by atoms with van der Waals surface area (Å²) in [6.45, 7) is 6.53. The summed E-state index contributed by atoms with van der Waals surface area (Å²) in [5.41, 5.74) is 0.571. The molecular formula is C22H23N7O. The second-order valence-corrected chi connectivity index (χ2v) is 8.02. The molecule has 2 N–H and O–H groups in total. The third-order valence-electron chi connectivity index (χ3n) is 4.35. The average molecular weight is 401 g/mol. The Morgan fingerprint density at radius 1 is 1.03 bits per heavy atom. The first-order valence-electron chi connectivity index (χ1n) is 9.63. The molecule has 0 atom stereocenters. The first-order valence-corrected chi connectivity index (χ1v) is 9.63. The van der Waals surface area contributed by atoms with Gasteiger partial charge in [0.1, 0.15) is 17.5 Å². The van der Waals surface area contributed by atoms with Gasteiger partial charge in [0.25, 0.3) is 5.56 Å². The Hall–Kier alpha value is -3.81. The van der Waals surface area contributed by atoms with Crippen LogP contribution in [0.15, 0.2) is 66.2 Å². The van der Waals surface area contributed by atoms with E-state index in [1.807, 2.05) is 45.0 Å². The average Bonchev–Trinajstić information content (AvgIpc) is 2.70. The van der Waals surface area contributed by atoms with Crippen molar-refractivity contribution in [1.82, 2.24) is 24.5 Å². The van der Waals surface area contributed by atoms with Crippen molar-refractivity contribution in [3.05, 3.63) is 77.4 Å². The molecule has 0 aliphatic heterocycles. The Morgan fingerprint density at radius 3 is 2.57 bits per heavy atom. The minimum absolute atomic E-state index is 0.110. The molecule has 8 nitrogen and oxygen atoms in total. The topological polar surface area (TPSA) is 97.6 Å². The molecule has 0 fully saturated rings. The number of rotatable bonds is 5. The molecule has 0 unspecified atom stereocenters. The first kappa shape index (κ1) is 19.5. The van der Waals surface area contributed by atoms with Gasteiger partial charge in [0.2, 0.25) is 0 Å². The number of hydrogen-bond acceptors (Lipinski definition) is 7. The van der Waals surface area contributed by atoms with Crippen molar-refractivity contribution in [2.24, 2.45) is 0 Å². The quantitative estimate of drug-likeness (QED) is 0.527. The van der Waals surface area contributed by atoms with Gasteiger partial charge in [-0.25, -0.2) is 9.97 Å². The maximum absolute atomic E-state index is 13.3. The van der Waals surface area contributed by atoms with Crippen LogP contribution in [0.25, 0.3) is 10.8 Å². The van der Waals surface area contributed by atoms with Gasteiger partial charge in [-0.15, -0.1) is 0 Å². The van der Waals surface area contributed by atoms with Crippen LogP contribution in [0.1, 0.15) is 26.3 Å². The molecule has 4 aromatic rings. The molecule has 0 aliphatic rings. The monoisotopic (exact) mass is 401 g/mol. The van der Waals surface area contributed by atoms with E-state index in [4.69, 9.17) is 0 Å². The van der Waals surface area contributed by atoms with Gasteiger partial charge < -0.3 is 15.2 Å². The molecule has 0 aliphatic carbocycles. The van der Waals surface area contributed by atoms with E-state index < -0.39 is 0 Å². The Morgan fingerprint density at radius 2 is 1.87 bits per heavy atom. The molecule has 0 aromatic carbocycles. The third kappa shape index (κ3) is 4.43. The minimum Gasteiger partial charge on any atom is -0.365 e. The van der Waals surface area contributed by atoms with Gasteiger partial charge in [0.15, 0.2) is 0 Å². The highest BCUT2D eigenvalue weighted by molar-refractivity contribution is 5.93. The van der Waals surface area contributed by atoms with Crippen molar-refractivity contribution in [3.63, 3.8) is 0 Å². The van der Waals surface area contributed by atoms with E-state index in [0.717, 1.165) is 10.9 Å². The summed E-state index contributed by atoms with van der Waals surface area (Å²) in [5.74, 6) is 1.69. The molecule has 4 heterocycles. The van der Waals surface area contributed by atoms with E-state index in [1.165, 1.54) is 0 Å². The summed E-state index contributed by atoms with van der Waals surface area (Å²) in [6, 6.07) is 7.57. The summed E-state index contributed by atoms with van der Waals surface area (Å²) in [4.78, 5) is 30.4. The maximum Gasteiger partial charge on any atom is 0.262 e. The zero-order valence-corrected chi connectivity index (χ0v) is 17.1. The van der Waals surface area contributed by atoms with Crippen molar-refractivity contribution in [2.45, 2.75) is 32.9 Å². The summed E-state index contributed by atoms with van der Waals surface area (Å²) in [7, 11) is 0. The fourth-order valence-corrected chi connectivity index (χ4v) is 3.12. The van der Waals surface area contributed by atoms with Gasteiger partial charge in [-0.1, -0.05) is 6.07 Å². The zero-order chi connectivity index (χ0) is 21.1. The van der Waals surface area contributed by atoms with Crippen LogP contribution >= 0.6 is 0 Å². The second kappa shape index (κ2) is 7.90. The van der Waals surface area contributed by atoms with Gasteiger partial charge in [-0.3, -0.25) is 14.8 Å². The predicted molar refractivity (Wildman–Crippen MR) is 118 cm³/mol. The third-order valence-corrected chi connectivity index (χ3v) is 4.35. The van der Waals surface area contributed by atoms with Gasteiger partial charge in [-0.05, 0) is 49.9 Å². The van der Waals surface area contributed by atoms with Gasteiger partial charge in [0, 0.05) is 36.5 Å². The molecule has 0 saturated heterocycles. The molecule has 4 rings (SSSR count). The van der Waals surface area contributed by atoms with Crippen LogP contribution in [0.4, 0.5) is 17.5 Å². The Kier molecular flexibility index (Phi) is 5.14. The van der Waals surface area contributed by atoms with Crippen LogP contribution in [-0.4, -0.2) is 30.0 Å². The molecule has 0 spiro atoms. The molecule has 0 saturated carbocycles. The second-order valence-electron chi connectivity index (χ2n) is 8.02. The Labute approximate surface area is 174 Å². The standard InChI is InChI=1S/C22H23N7O/c1-22(2,3)28-20-19-16(11-17(27-20)26-18-13-24-8-9-25-18)6-10-29(21(19)30)14-15-5-4-7-23-12-15/h4-13H,14H2,1-3H3,(H2,25,26,27,28). The highest BCUT2D eigenvalue weighted by Gasteiger charge is 2.17. The molecule has 8 heteroatoms. The Balaban J connectivity index is 1.81. The number of pyridine rings is 3. The van der Waals surface area contributed by atoms with Crippen LogP contribution in [0, 0.1) is 0 Å². The summed E-state index contributed by atoms with van der Waals surface area (Å²) in [6.07, 6.45) is 10.1. The van der Waals surface area contributed by atoms with Crippen molar-refractivity contribution in [1.29, 1.82) is 0 Å².